The van der Waals surface area contributed by atoms with E-state index in [0.717, 1.165) is 0 Å². The van der Waals surface area contributed by atoms with E-state index in [1.165, 1.54) is 23.5 Å². The third-order valence-electron chi connectivity index (χ3n) is 3.54. The first-order valence-electron chi connectivity index (χ1n) is 7.77. The Labute approximate surface area is 149 Å². The number of nitrogens with zero attached hydrogens (tertiary/aromatic N) is 3. The number of carbonyl (C=O) groups excluding carboxylic acids is 1. The summed E-state index contributed by atoms with van der Waals surface area (Å²) in [7, 11) is 0. The van der Waals surface area contributed by atoms with Gasteiger partial charge in [0.15, 0.2) is 0 Å². The Bertz CT molecular complexity index is 810. The van der Waals surface area contributed by atoms with E-state index in [1.807, 2.05) is 19.9 Å². The summed E-state index contributed by atoms with van der Waals surface area (Å²) >= 11 is 1.35. The van der Waals surface area contributed by atoms with E-state index < -0.39 is 10.8 Å². The zero-order chi connectivity index (χ0) is 18.4. The van der Waals surface area contributed by atoms with Crippen LogP contribution in [0.1, 0.15) is 31.2 Å². The number of benzene rings is 1. The van der Waals surface area contributed by atoms with Crippen LogP contribution in [0.4, 0.5) is 5.69 Å². The number of nitro benzene ring substituents is 1. The molecule has 0 bridgehead atoms. The summed E-state index contributed by atoms with van der Waals surface area (Å²) in [6.45, 7) is 3.98. The highest BCUT2D eigenvalue weighted by Gasteiger charge is 2.25. The maximum Gasteiger partial charge on any atom is 0.270 e. The molecule has 0 aliphatic heterocycles. The lowest BCUT2D eigenvalue weighted by Gasteiger charge is -2.15. The van der Waals surface area contributed by atoms with Crippen molar-refractivity contribution in [1.29, 1.82) is 5.26 Å². The number of nitrogens with one attached hydrogen (secondary N) is 1. The fraction of sp³-hybridized carbons (Fsp3) is 0.353. The molecule has 0 saturated carbocycles. The van der Waals surface area contributed by atoms with Crippen molar-refractivity contribution in [2.75, 3.05) is 6.54 Å². The van der Waals surface area contributed by atoms with Crippen LogP contribution in [0.25, 0.3) is 11.3 Å². The Morgan fingerprint density at radius 1 is 1.48 bits per heavy atom. The van der Waals surface area contributed by atoms with Crippen LogP contribution in [0.2, 0.25) is 0 Å². The molecule has 130 valence electrons. The van der Waals surface area contributed by atoms with Crippen LogP contribution >= 0.6 is 11.3 Å². The van der Waals surface area contributed by atoms with Gasteiger partial charge < -0.3 is 5.32 Å². The van der Waals surface area contributed by atoms with Gasteiger partial charge in [-0.3, -0.25) is 14.9 Å². The van der Waals surface area contributed by atoms with Crippen molar-refractivity contribution in [3.63, 3.8) is 0 Å². The first kappa shape index (κ1) is 18.5. The Kier molecular flexibility index (Phi) is 6.19. The lowest BCUT2D eigenvalue weighted by molar-refractivity contribution is -0.384. The third kappa shape index (κ3) is 4.84. The fourth-order valence-electron chi connectivity index (χ4n) is 2.40. The molecule has 0 spiro atoms. The van der Waals surface area contributed by atoms with Gasteiger partial charge in [0.1, 0.15) is 11.6 Å². The maximum atomic E-state index is 12.3. The number of aromatic nitrogens is 1. The molecular formula is C17H18N4O3S. The largest absolute Gasteiger partial charge is 0.342 e. The standard InChI is InChI=1S/C17H18N4O3S/c1-11(2)8-14(16(22)19-7-6-18)17-20-15(10-25-17)12-4-3-5-13(9-12)21(23)24/h3-5,9-11,14H,7-8H2,1-2H3,(H,19,22). The van der Waals surface area contributed by atoms with E-state index in [4.69, 9.17) is 5.26 Å². The lowest BCUT2D eigenvalue weighted by atomic mass is 9.96. The minimum Gasteiger partial charge on any atom is -0.342 e. The molecule has 1 unspecified atom stereocenters. The molecule has 0 aliphatic rings. The summed E-state index contributed by atoms with van der Waals surface area (Å²) in [6, 6.07) is 8.14. The number of nitro groups is 1. The second-order valence-electron chi connectivity index (χ2n) is 5.94. The SMILES string of the molecule is CC(C)CC(C(=O)NCC#N)c1nc(-c2cccc([N+](=O)[O-])c2)cs1. The summed E-state index contributed by atoms with van der Waals surface area (Å²) in [4.78, 5) is 27.3. The van der Waals surface area contributed by atoms with Crippen LogP contribution in [0.15, 0.2) is 29.6 Å². The van der Waals surface area contributed by atoms with Gasteiger partial charge in [-0.1, -0.05) is 26.0 Å². The normalized spacial score (nSPS) is 11.8. The molecule has 0 fully saturated rings. The average Bonchev–Trinajstić information content (AvgIpc) is 3.07. The van der Waals surface area contributed by atoms with Crippen LogP contribution in [0.5, 0.6) is 0 Å². The number of hydrogen-bond donors (Lipinski definition) is 1. The molecule has 0 saturated heterocycles. The summed E-state index contributed by atoms with van der Waals surface area (Å²) in [5.41, 5.74) is 1.24. The van der Waals surface area contributed by atoms with Gasteiger partial charge in [0.25, 0.3) is 5.69 Å². The number of carbonyl (C=O) groups is 1. The first-order chi connectivity index (χ1) is 11.9. The number of amides is 1. The molecule has 0 radical (unpaired) electrons. The molecule has 1 heterocycles. The zero-order valence-corrected chi connectivity index (χ0v) is 14.7. The molecular weight excluding hydrogens is 340 g/mol. The zero-order valence-electron chi connectivity index (χ0n) is 13.9. The van der Waals surface area contributed by atoms with Crippen molar-refractivity contribution in [2.45, 2.75) is 26.2 Å². The summed E-state index contributed by atoms with van der Waals surface area (Å²) in [5, 5.41) is 24.6. The molecule has 7 nitrogen and oxygen atoms in total. The van der Waals surface area contributed by atoms with Gasteiger partial charge >= 0.3 is 0 Å². The highest BCUT2D eigenvalue weighted by Crippen LogP contribution is 2.31. The van der Waals surface area contributed by atoms with Gasteiger partial charge in [-0.05, 0) is 12.3 Å². The van der Waals surface area contributed by atoms with Gasteiger partial charge in [-0.25, -0.2) is 4.98 Å². The molecule has 2 aromatic rings. The molecule has 0 aliphatic carbocycles. The molecule has 8 heteroatoms. The summed E-state index contributed by atoms with van der Waals surface area (Å²) in [5.74, 6) is -0.385. The number of nitriles is 1. The Morgan fingerprint density at radius 3 is 2.88 bits per heavy atom. The lowest BCUT2D eigenvalue weighted by Crippen LogP contribution is -2.30. The molecule has 1 atom stereocenters. The second kappa shape index (κ2) is 8.35. The predicted octanol–water partition coefficient (Wildman–Crippen LogP) is 3.49. The van der Waals surface area contributed by atoms with Crippen LogP contribution in [0, 0.1) is 27.4 Å². The number of hydrogen-bond acceptors (Lipinski definition) is 6. The maximum absolute atomic E-state index is 12.3. The van der Waals surface area contributed by atoms with Crippen molar-refractivity contribution in [3.8, 4) is 17.3 Å². The van der Waals surface area contributed by atoms with Crippen LogP contribution in [0.3, 0.4) is 0 Å². The molecule has 25 heavy (non-hydrogen) atoms. The molecule has 1 aromatic heterocycles. The number of non-ortho nitro benzene ring substituents is 1. The van der Waals surface area contributed by atoms with Crippen molar-refractivity contribution < 1.29 is 9.72 Å². The molecule has 2 rings (SSSR count). The Morgan fingerprint density at radius 2 is 2.24 bits per heavy atom. The minimum atomic E-state index is -0.451. The Balaban J connectivity index is 2.30. The number of thiazole rings is 1. The first-order valence-corrected chi connectivity index (χ1v) is 8.65. The van der Waals surface area contributed by atoms with Crippen molar-refractivity contribution in [2.24, 2.45) is 5.92 Å². The van der Waals surface area contributed by atoms with Crippen LogP contribution < -0.4 is 5.32 Å². The van der Waals surface area contributed by atoms with Crippen LogP contribution in [-0.2, 0) is 4.79 Å². The molecule has 1 N–H and O–H groups in total. The topological polar surface area (TPSA) is 109 Å². The van der Waals surface area contributed by atoms with Crippen molar-refractivity contribution in [1.82, 2.24) is 10.3 Å². The van der Waals surface area contributed by atoms with Crippen LogP contribution in [-0.4, -0.2) is 22.4 Å². The summed E-state index contributed by atoms with van der Waals surface area (Å²) in [6.07, 6.45) is 0.610. The quantitative estimate of drug-likeness (QED) is 0.463. The smallest absolute Gasteiger partial charge is 0.270 e. The van der Waals surface area contributed by atoms with E-state index in [1.54, 1.807) is 17.5 Å². The monoisotopic (exact) mass is 358 g/mol. The summed E-state index contributed by atoms with van der Waals surface area (Å²) < 4.78 is 0. The Hall–Kier alpha value is -2.79. The van der Waals surface area contributed by atoms with Gasteiger partial charge in [-0.2, -0.15) is 5.26 Å². The van der Waals surface area contributed by atoms with Gasteiger partial charge in [0.2, 0.25) is 5.91 Å². The van der Waals surface area contributed by atoms with Gasteiger partial charge in [0.05, 0.1) is 22.6 Å². The van der Waals surface area contributed by atoms with Gasteiger partial charge in [-0.15, -0.1) is 11.3 Å². The van der Waals surface area contributed by atoms with Crippen molar-refractivity contribution >= 4 is 22.9 Å². The predicted molar refractivity (Wildman–Crippen MR) is 95.0 cm³/mol. The highest BCUT2D eigenvalue weighted by atomic mass is 32.1. The van der Waals surface area contributed by atoms with Gasteiger partial charge in [0, 0.05) is 23.1 Å². The highest BCUT2D eigenvalue weighted by molar-refractivity contribution is 7.10. The van der Waals surface area contributed by atoms with E-state index in [9.17, 15) is 14.9 Å². The molecule has 1 amide bonds. The molecule has 1 aromatic carbocycles. The van der Waals surface area contributed by atoms with E-state index >= 15 is 0 Å². The number of rotatable bonds is 7. The van der Waals surface area contributed by atoms with E-state index in [2.05, 4.69) is 10.3 Å². The minimum absolute atomic E-state index is 0.00227. The van der Waals surface area contributed by atoms with E-state index in [0.29, 0.717) is 22.7 Å². The van der Waals surface area contributed by atoms with E-state index in [-0.39, 0.29) is 24.1 Å². The fourth-order valence-corrected chi connectivity index (χ4v) is 3.34. The third-order valence-corrected chi connectivity index (χ3v) is 4.50. The average molecular weight is 358 g/mol. The second-order valence-corrected chi connectivity index (χ2v) is 6.83. The van der Waals surface area contributed by atoms with Crippen molar-refractivity contribution in [3.05, 3.63) is 44.8 Å².